The number of rotatable bonds is 3. The van der Waals surface area contributed by atoms with Crippen LogP contribution in [0.15, 0.2) is 24.8 Å². The van der Waals surface area contributed by atoms with Gasteiger partial charge in [-0.05, 0) is 12.8 Å². The lowest BCUT2D eigenvalue weighted by Crippen LogP contribution is -2.13. The summed E-state index contributed by atoms with van der Waals surface area (Å²) in [5, 5.41) is 7.93. The molecule has 1 N–H and O–H groups in total. The van der Waals surface area contributed by atoms with E-state index < -0.39 is 0 Å². The Morgan fingerprint density at radius 3 is 2.74 bits per heavy atom. The molecule has 1 fully saturated rings. The van der Waals surface area contributed by atoms with Crippen LogP contribution in [0.4, 0.5) is 5.69 Å². The largest absolute Gasteiger partial charge is 0.385 e. The van der Waals surface area contributed by atoms with E-state index in [1.807, 2.05) is 7.05 Å². The van der Waals surface area contributed by atoms with Gasteiger partial charge in [0.25, 0.3) is 0 Å². The van der Waals surface area contributed by atoms with Crippen molar-refractivity contribution in [1.29, 1.82) is 0 Å². The minimum Gasteiger partial charge on any atom is -0.385 e. The number of hydrogen-bond donors (Lipinski definition) is 1. The first-order chi connectivity index (χ1) is 9.38. The van der Waals surface area contributed by atoms with Crippen LogP contribution in [0.1, 0.15) is 38.1 Å². The van der Waals surface area contributed by atoms with E-state index in [1.165, 1.54) is 32.1 Å². The van der Waals surface area contributed by atoms with E-state index >= 15 is 0 Å². The highest BCUT2D eigenvalue weighted by atomic mass is 15.3. The first-order valence-corrected chi connectivity index (χ1v) is 6.92. The molecule has 19 heavy (non-hydrogen) atoms. The van der Waals surface area contributed by atoms with Crippen molar-refractivity contribution in [2.45, 2.75) is 38.1 Å². The number of anilines is 1. The highest BCUT2D eigenvalue weighted by Gasteiger charge is 2.19. The Morgan fingerprint density at radius 2 is 2.05 bits per heavy atom. The Morgan fingerprint density at radius 1 is 1.21 bits per heavy atom. The van der Waals surface area contributed by atoms with Gasteiger partial charge in [0.05, 0.1) is 17.9 Å². The van der Waals surface area contributed by atoms with Crippen LogP contribution in [0.25, 0.3) is 11.4 Å². The molecule has 0 aromatic carbocycles. The summed E-state index contributed by atoms with van der Waals surface area (Å²) < 4.78 is 2.11. The van der Waals surface area contributed by atoms with Crippen molar-refractivity contribution >= 4 is 5.69 Å². The second-order valence-corrected chi connectivity index (χ2v) is 5.00. The SMILES string of the molecule is CNc1cn(C2CCCCC2)nc1-c1cnccn1. The topological polar surface area (TPSA) is 55.6 Å². The van der Waals surface area contributed by atoms with Gasteiger partial charge in [-0.15, -0.1) is 0 Å². The van der Waals surface area contributed by atoms with E-state index in [2.05, 4.69) is 26.2 Å². The van der Waals surface area contributed by atoms with Gasteiger partial charge in [0, 0.05) is 25.6 Å². The Bertz CT molecular complexity index is 528. The third-order valence-corrected chi connectivity index (χ3v) is 3.76. The van der Waals surface area contributed by atoms with Crippen LogP contribution in [-0.4, -0.2) is 26.8 Å². The van der Waals surface area contributed by atoms with Gasteiger partial charge in [0.15, 0.2) is 0 Å². The lowest BCUT2D eigenvalue weighted by Gasteiger charge is -2.21. The van der Waals surface area contributed by atoms with Crippen LogP contribution < -0.4 is 5.32 Å². The molecule has 5 nitrogen and oxygen atoms in total. The molecule has 0 radical (unpaired) electrons. The molecule has 0 atom stereocenters. The average Bonchev–Trinajstić information content (AvgIpc) is 2.93. The molecule has 0 saturated heterocycles. The van der Waals surface area contributed by atoms with Gasteiger partial charge in [-0.25, -0.2) is 0 Å². The van der Waals surface area contributed by atoms with E-state index in [9.17, 15) is 0 Å². The van der Waals surface area contributed by atoms with Crippen molar-refractivity contribution in [2.75, 3.05) is 12.4 Å². The predicted octanol–water partition coefficient (Wildman–Crippen LogP) is 2.89. The van der Waals surface area contributed by atoms with E-state index in [1.54, 1.807) is 18.6 Å². The van der Waals surface area contributed by atoms with Crippen molar-refractivity contribution in [3.05, 3.63) is 24.8 Å². The van der Waals surface area contributed by atoms with Gasteiger partial charge >= 0.3 is 0 Å². The van der Waals surface area contributed by atoms with Crippen LogP contribution in [0.5, 0.6) is 0 Å². The van der Waals surface area contributed by atoms with Gasteiger partial charge in [-0.1, -0.05) is 19.3 Å². The Hall–Kier alpha value is -1.91. The summed E-state index contributed by atoms with van der Waals surface area (Å²) in [6, 6.07) is 0.534. The maximum atomic E-state index is 4.73. The van der Waals surface area contributed by atoms with Gasteiger partial charge in [0.2, 0.25) is 0 Å². The molecule has 2 heterocycles. The van der Waals surface area contributed by atoms with E-state index in [-0.39, 0.29) is 0 Å². The van der Waals surface area contributed by atoms with Crippen molar-refractivity contribution in [1.82, 2.24) is 19.7 Å². The van der Waals surface area contributed by atoms with Crippen molar-refractivity contribution in [2.24, 2.45) is 0 Å². The lowest BCUT2D eigenvalue weighted by molar-refractivity contribution is 0.330. The van der Waals surface area contributed by atoms with Gasteiger partial charge in [-0.2, -0.15) is 5.10 Å². The van der Waals surface area contributed by atoms with Crippen molar-refractivity contribution in [3.8, 4) is 11.4 Å². The smallest absolute Gasteiger partial charge is 0.135 e. The standard InChI is InChI=1S/C14H19N5/c1-15-13-10-19(11-5-3-2-4-6-11)18-14(13)12-9-16-7-8-17-12/h7-11,15H,2-6H2,1H3. The minimum atomic E-state index is 0.534. The minimum absolute atomic E-state index is 0.534. The molecule has 0 bridgehead atoms. The molecule has 1 aliphatic rings. The van der Waals surface area contributed by atoms with Crippen LogP contribution in [0.2, 0.25) is 0 Å². The molecule has 1 aliphatic carbocycles. The molecule has 2 aromatic heterocycles. The fraction of sp³-hybridized carbons (Fsp3) is 0.500. The molecule has 3 rings (SSSR count). The molecule has 5 heteroatoms. The first-order valence-electron chi connectivity index (χ1n) is 6.92. The van der Waals surface area contributed by atoms with Gasteiger partial charge < -0.3 is 5.32 Å². The fourth-order valence-corrected chi connectivity index (χ4v) is 2.72. The van der Waals surface area contributed by atoms with E-state index in [4.69, 9.17) is 5.10 Å². The maximum absolute atomic E-state index is 4.73. The molecule has 0 aliphatic heterocycles. The van der Waals surface area contributed by atoms with E-state index in [0.717, 1.165) is 17.1 Å². The number of aromatic nitrogens is 4. The van der Waals surface area contributed by atoms with Gasteiger partial charge in [-0.3, -0.25) is 14.6 Å². The van der Waals surface area contributed by atoms with Crippen molar-refractivity contribution in [3.63, 3.8) is 0 Å². The summed E-state index contributed by atoms with van der Waals surface area (Å²) in [5.41, 5.74) is 2.73. The zero-order valence-corrected chi connectivity index (χ0v) is 11.2. The second kappa shape index (κ2) is 5.38. The molecular formula is C14H19N5. The summed E-state index contributed by atoms with van der Waals surface area (Å²) in [7, 11) is 1.92. The lowest BCUT2D eigenvalue weighted by atomic mass is 9.96. The van der Waals surface area contributed by atoms with Crippen LogP contribution >= 0.6 is 0 Å². The van der Waals surface area contributed by atoms with Crippen LogP contribution in [0.3, 0.4) is 0 Å². The monoisotopic (exact) mass is 257 g/mol. The summed E-state index contributed by atoms with van der Waals surface area (Å²) in [5.74, 6) is 0. The Balaban J connectivity index is 1.94. The van der Waals surface area contributed by atoms with Crippen LogP contribution in [0, 0.1) is 0 Å². The highest BCUT2D eigenvalue weighted by molar-refractivity contribution is 5.70. The van der Waals surface area contributed by atoms with Crippen LogP contribution in [-0.2, 0) is 0 Å². The average molecular weight is 257 g/mol. The quantitative estimate of drug-likeness (QED) is 0.918. The normalized spacial score (nSPS) is 16.5. The third kappa shape index (κ3) is 2.45. The molecule has 1 saturated carbocycles. The number of nitrogens with one attached hydrogen (secondary N) is 1. The highest BCUT2D eigenvalue weighted by Crippen LogP contribution is 2.31. The molecular weight excluding hydrogens is 238 g/mol. The van der Waals surface area contributed by atoms with E-state index in [0.29, 0.717) is 6.04 Å². The second-order valence-electron chi connectivity index (χ2n) is 5.00. The van der Waals surface area contributed by atoms with Crippen molar-refractivity contribution < 1.29 is 0 Å². The summed E-state index contributed by atoms with van der Waals surface area (Å²) in [4.78, 5) is 8.46. The fourth-order valence-electron chi connectivity index (χ4n) is 2.72. The number of nitrogens with zero attached hydrogens (tertiary/aromatic N) is 4. The maximum Gasteiger partial charge on any atom is 0.135 e. The summed E-state index contributed by atoms with van der Waals surface area (Å²) in [6.45, 7) is 0. The Labute approximate surface area is 113 Å². The summed E-state index contributed by atoms with van der Waals surface area (Å²) in [6.07, 6.45) is 13.7. The Kier molecular flexibility index (Phi) is 3.44. The molecule has 0 spiro atoms. The first kappa shape index (κ1) is 12.1. The molecule has 2 aromatic rings. The predicted molar refractivity (Wildman–Crippen MR) is 74.9 cm³/mol. The summed E-state index contributed by atoms with van der Waals surface area (Å²) >= 11 is 0. The molecule has 0 unspecified atom stereocenters. The third-order valence-electron chi connectivity index (χ3n) is 3.76. The zero-order valence-electron chi connectivity index (χ0n) is 11.2. The molecule has 100 valence electrons. The van der Waals surface area contributed by atoms with Gasteiger partial charge in [0.1, 0.15) is 11.4 Å². The molecule has 0 amide bonds. The zero-order chi connectivity index (χ0) is 13.1. The number of hydrogen-bond acceptors (Lipinski definition) is 4.